The van der Waals surface area contributed by atoms with Gasteiger partial charge in [-0.2, -0.15) is 0 Å². The molecule has 0 spiro atoms. The largest absolute Gasteiger partial charge is 0.396 e. The van der Waals surface area contributed by atoms with Gasteiger partial charge in [-0.05, 0) is 25.2 Å². The average Bonchev–Trinajstić information content (AvgIpc) is 2.93. The summed E-state index contributed by atoms with van der Waals surface area (Å²) in [6.07, 6.45) is 6.79. The minimum atomic E-state index is 0.168. The molecular formula is C16H28N2O2. The minimum absolute atomic E-state index is 0.168. The fraction of sp³-hybridized carbons (Fsp3) is 0.812. The Labute approximate surface area is 122 Å². The molecule has 1 unspecified atom stereocenters. The number of hydrogen-bond donors (Lipinski definition) is 1. The van der Waals surface area contributed by atoms with Gasteiger partial charge in [-0.15, -0.1) is 0 Å². The first-order valence-electron chi connectivity index (χ1n) is 7.90. The van der Waals surface area contributed by atoms with E-state index in [0.29, 0.717) is 17.9 Å². The topological polar surface area (TPSA) is 43.8 Å². The molecule has 1 aliphatic heterocycles. The molecule has 0 aromatic carbocycles. The third-order valence-electron chi connectivity index (χ3n) is 4.34. The van der Waals surface area contributed by atoms with Gasteiger partial charge in [-0.1, -0.05) is 26.0 Å². The Bertz CT molecular complexity index is 346. The van der Waals surface area contributed by atoms with Gasteiger partial charge in [0.25, 0.3) is 0 Å². The second kappa shape index (κ2) is 7.23. The highest BCUT2D eigenvalue weighted by atomic mass is 16.3. The van der Waals surface area contributed by atoms with E-state index >= 15 is 0 Å². The molecule has 114 valence electrons. The number of aliphatic hydroxyl groups excluding tert-OH is 1. The third kappa shape index (κ3) is 3.83. The van der Waals surface area contributed by atoms with Gasteiger partial charge in [-0.3, -0.25) is 9.69 Å². The Morgan fingerprint density at radius 1 is 1.30 bits per heavy atom. The summed E-state index contributed by atoms with van der Waals surface area (Å²) >= 11 is 0. The van der Waals surface area contributed by atoms with Crippen LogP contribution in [0, 0.1) is 11.8 Å². The molecule has 2 rings (SSSR count). The molecule has 1 N–H and O–H groups in total. The summed E-state index contributed by atoms with van der Waals surface area (Å²) in [6.45, 7) is 8.25. The van der Waals surface area contributed by atoms with E-state index in [1.807, 2.05) is 4.90 Å². The molecule has 1 atom stereocenters. The molecule has 4 heteroatoms. The molecule has 2 aliphatic rings. The van der Waals surface area contributed by atoms with Crippen LogP contribution < -0.4 is 0 Å². The third-order valence-corrected chi connectivity index (χ3v) is 4.34. The zero-order chi connectivity index (χ0) is 14.5. The van der Waals surface area contributed by atoms with Crippen LogP contribution in [0.4, 0.5) is 0 Å². The van der Waals surface area contributed by atoms with Crippen LogP contribution in [-0.2, 0) is 4.79 Å². The summed E-state index contributed by atoms with van der Waals surface area (Å²) in [5.41, 5.74) is 0. The predicted octanol–water partition coefficient (Wildman–Crippen LogP) is 1.50. The maximum atomic E-state index is 12.5. The van der Waals surface area contributed by atoms with E-state index in [4.69, 9.17) is 0 Å². The van der Waals surface area contributed by atoms with Crippen LogP contribution in [0.3, 0.4) is 0 Å². The Morgan fingerprint density at radius 3 is 2.60 bits per heavy atom. The molecular weight excluding hydrogens is 252 g/mol. The molecule has 0 bridgehead atoms. The van der Waals surface area contributed by atoms with E-state index in [-0.39, 0.29) is 12.5 Å². The minimum Gasteiger partial charge on any atom is -0.396 e. The summed E-state index contributed by atoms with van der Waals surface area (Å²) in [4.78, 5) is 16.9. The highest BCUT2D eigenvalue weighted by Gasteiger charge is 2.32. The van der Waals surface area contributed by atoms with Crippen LogP contribution in [0.15, 0.2) is 12.2 Å². The molecule has 0 saturated carbocycles. The molecule has 1 fully saturated rings. The van der Waals surface area contributed by atoms with Crippen molar-refractivity contribution in [1.29, 1.82) is 0 Å². The number of rotatable bonds is 5. The van der Waals surface area contributed by atoms with Gasteiger partial charge in [0, 0.05) is 44.7 Å². The van der Waals surface area contributed by atoms with Gasteiger partial charge in [0.15, 0.2) is 0 Å². The van der Waals surface area contributed by atoms with Gasteiger partial charge in [-0.25, -0.2) is 0 Å². The molecule has 1 saturated heterocycles. The molecule has 1 heterocycles. The molecule has 0 aromatic rings. The molecule has 0 aromatic heterocycles. The lowest BCUT2D eigenvalue weighted by molar-refractivity contribution is -0.138. The lowest BCUT2D eigenvalue weighted by Crippen LogP contribution is -2.56. The first kappa shape index (κ1) is 15.5. The second-order valence-electron chi connectivity index (χ2n) is 6.48. The number of aliphatic hydroxyl groups is 1. The molecule has 0 radical (unpaired) electrons. The van der Waals surface area contributed by atoms with E-state index in [0.717, 1.165) is 45.4 Å². The highest BCUT2D eigenvalue weighted by Crippen LogP contribution is 2.23. The van der Waals surface area contributed by atoms with Crippen molar-refractivity contribution >= 4 is 5.91 Å². The van der Waals surface area contributed by atoms with Crippen molar-refractivity contribution < 1.29 is 9.90 Å². The van der Waals surface area contributed by atoms with Gasteiger partial charge >= 0.3 is 0 Å². The van der Waals surface area contributed by atoms with Crippen LogP contribution in [-0.4, -0.2) is 59.6 Å². The molecule has 4 nitrogen and oxygen atoms in total. The monoisotopic (exact) mass is 280 g/mol. The van der Waals surface area contributed by atoms with Gasteiger partial charge < -0.3 is 10.0 Å². The van der Waals surface area contributed by atoms with Crippen molar-refractivity contribution in [3.8, 4) is 0 Å². The van der Waals surface area contributed by atoms with Crippen LogP contribution in [0.2, 0.25) is 0 Å². The number of carbonyl (C=O) groups is 1. The fourth-order valence-electron chi connectivity index (χ4n) is 3.30. The Hall–Kier alpha value is -0.870. The Kier molecular flexibility index (Phi) is 5.61. The summed E-state index contributed by atoms with van der Waals surface area (Å²) in [5, 5.41) is 9.27. The van der Waals surface area contributed by atoms with E-state index in [1.165, 1.54) is 0 Å². The average molecular weight is 280 g/mol. The predicted molar refractivity (Wildman–Crippen MR) is 80.3 cm³/mol. The summed E-state index contributed by atoms with van der Waals surface area (Å²) in [5.74, 6) is 1.10. The van der Waals surface area contributed by atoms with E-state index < -0.39 is 0 Å². The van der Waals surface area contributed by atoms with E-state index in [9.17, 15) is 9.90 Å². The number of allylic oxidation sites excluding steroid dienone is 2. The quantitative estimate of drug-likeness (QED) is 0.776. The standard InChI is InChI=1S/C16H28N2O2/c1-13(2)11-17-8-9-18(12-15(17)7-10-19)16(20)14-5-3-4-6-14/h3-4,13-15,19H,5-12H2,1-2H3. The maximum absolute atomic E-state index is 12.5. The number of hydrogen-bond acceptors (Lipinski definition) is 3. The van der Waals surface area contributed by atoms with E-state index in [1.54, 1.807) is 0 Å². The lowest BCUT2D eigenvalue weighted by atomic mass is 10.0. The van der Waals surface area contributed by atoms with Crippen molar-refractivity contribution in [3.63, 3.8) is 0 Å². The first-order valence-corrected chi connectivity index (χ1v) is 7.90. The Morgan fingerprint density at radius 2 is 2.00 bits per heavy atom. The van der Waals surface area contributed by atoms with Crippen molar-refractivity contribution in [2.45, 2.75) is 39.2 Å². The zero-order valence-electron chi connectivity index (χ0n) is 12.8. The summed E-state index contributed by atoms with van der Waals surface area (Å²) in [6, 6.07) is 0.314. The number of amides is 1. The summed E-state index contributed by atoms with van der Waals surface area (Å²) < 4.78 is 0. The summed E-state index contributed by atoms with van der Waals surface area (Å²) in [7, 11) is 0. The van der Waals surface area contributed by atoms with Crippen molar-refractivity contribution in [1.82, 2.24) is 9.80 Å². The second-order valence-corrected chi connectivity index (χ2v) is 6.48. The molecule has 1 aliphatic carbocycles. The van der Waals surface area contributed by atoms with Crippen LogP contribution in [0.5, 0.6) is 0 Å². The highest BCUT2D eigenvalue weighted by molar-refractivity contribution is 5.79. The van der Waals surface area contributed by atoms with Crippen molar-refractivity contribution in [2.24, 2.45) is 11.8 Å². The van der Waals surface area contributed by atoms with Crippen molar-refractivity contribution in [3.05, 3.63) is 12.2 Å². The van der Waals surface area contributed by atoms with Crippen LogP contribution in [0.1, 0.15) is 33.1 Å². The van der Waals surface area contributed by atoms with Gasteiger partial charge in [0.1, 0.15) is 0 Å². The van der Waals surface area contributed by atoms with E-state index in [2.05, 4.69) is 30.9 Å². The molecule has 20 heavy (non-hydrogen) atoms. The number of piperazine rings is 1. The fourth-order valence-corrected chi connectivity index (χ4v) is 3.30. The van der Waals surface area contributed by atoms with Gasteiger partial charge in [0.05, 0.1) is 0 Å². The van der Waals surface area contributed by atoms with Crippen LogP contribution in [0.25, 0.3) is 0 Å². The normalized spacial score (nSPS) is 24.8. The van der Waals surface area contributed by atoms with Gasteiger partial charge in [0.2, 0.25) is 5.91 Å². The number of carbonyl (C=O) groups excluding carboxylic acids is 1. The first-order chi connectivity index (χ1) is 9.61. The van der Waals surface area contributed by atoms with Crippen molar-refractivity contribution in [2.75, 3.05) is 32.8 Å². The Balaban J connectivity index is 1.92. The number of nitrogens with zero attached hydrogens (tertiary/aromatic N) is 2. The lowest BCUT2D eigenvalue weighted by Gasteiger charge is -2.42. The maximum Gasteiger partial charge on any atom is 0.226 e. The smallest absolute Gasteiger partial charge is 0.226 e. The SMILES string of the molecule is CC(C)CN1CCN(C(=O)C2CC=CC2)CC1CCO. The zero-order valence-corrected chi connectivity index (χ0v) is 12.8. The van der Waals surface area contributed by atoms with Crippen LogP contribution >= 0.6 is 0 Å². The molecule has 1 amide bonds.